The van der Waals surface area contributed by atoms with Crippen LogP contribution in [0.3, 0.4) is 0 Å². The Morgan fingerprint density at radius 3 is 2.66 bits per heavy atom. The number of carboxylic acid groups (broad SMARTS) is 1. The van der Waals surface area contributed by atoms with Gasteiger partial charge in [0.2, 0.25) is 5.95 Å². The lowest BCUT2D eigenvalue weighted by Crippen LogP contribution is -2.28. The minimum atomic E-state index is -1.13. The first-order valence-electron chi connectivity index (χ1n) is 11.2. The number of hydrogen-bond acceptors (Lipinski definition) is 6. The number of nitrogens with zero attached hydrogens (tertiary/aromatic N) is 5. The standard InChI is InChI=1S/C25H25FN6O3/c1-13-7-18(14(2)27-20-12-30(3)29-22(20)24(34)35)21-19(8-13)23(33)31(4)25(28-21)32-10-15-5-6-17(26)9-16(15)11-32/h5-9,12,14,27H,10-11H2,1-4H3,(H,34,35). The molecular weight excluding hydrogens is 451 g/mol. The van der Waals surface area contributed by atoms with Gasteiger partial charge in [0.25, 0.3) is 5.56 Å². The SMILES string of the molecule is Cc1cc(C(C)Nc2cn(C)nc2C(=O)O)c2nc(N3Cc4ccc(F)cc4C3)n(C)c(=O)c2c1. The molecule has 4 aromatic rings. The summed E-state index contributed by atoms with van der Waals surface area (Å²) in [6, 6.07) is 8.11. The summed E-state index contributed by atoms with van der Waals surface area (Å²) in [6.45, 7) is 4.77. The molecule has 2 aromatic carbocycles. The van der Waals surface area contributed by atoms with Gasteiger partial charge in [-0.1, -0.05) is 12.1 Å². The molecule has 180 valence electrons. The fourth-order valence-corrected chi connectivity index (χ4v) is 4.72. The van der Waals surface area contributed by atoms with Crippen molar-refractivity contribution >= 4 is 28.5 Å². The summed E-state index contributed by atoms with van der Waals surface area (Å²) >= 11 is 0. The number of aryl methyl sites for hydroxylation is 2. The quantitative estimate of drug-likeness (QED) is 0.454. The summed E-state index contributed by atoms with van der Waals surface area (Å²) in [5, 5.41) is 17.2. The van der Waals surface area contributed by atoms with Crippen molar-refractivity contribution in [1.29, 1.82) is 0 Å². The maximum atomic E-state index is 13.7. The second kappa shape index (κ2) is 8.23. The van der Waals surface area contributed by atoms with Crippen molar-refractivity contribution in [3.05, 3.63) is 80.6 Å². The van der Waals surface area contributed by atoms with Crippen LogP contribution in [0, 0.1) is 12.7 Å². The largest absolute Gasteiger partial charge is 0.476 e. The Kier molecular flexibility index (Phi) is 5.31. The van der Waals surface area contributed by atoms with Gasteiger partial charge < -0.3 is 15.3 Å². The van der Waals surface area contributed by atoms with E-state index < -0.39 is 5.97 Å². The number of aromatic nitrogens is 4. The van der Waals surface area contributed by atoms with Crippen molar-refractivity contribution in [2.75, 3.05) is 10.2 Å². The molecule has 2 aromatic heterocycles. The van der Waals surface area contributed by atoms with Gasteiger partial charge in [-0.25, -0.2) is 14.2 Å². The lowest BCUT2D eigenvalue weighted by molar-refractivity contribution is 0.0690. The van der Waals surface area contributed by atoms with Gasteiger partial charge in [-0.15, -0.1) is 0 Å². The number of benzene rings is 2. The third kappa shape index (κ3) is 3.90. The van der Waals surface area contributed by atoms with Crippen molar-refractivity contribution < 1.29 is 14.3 Å². The average molecular weight is 477 g/mol. The number of halogens is 1. The van der Waals surface area contributed by atoms with Crippen LogP contribution < -0.4 is 15.8 Å². The van der Waals surface area contributed by atoms with Crippen LogP contribution in [0.15, 0.2) is 41.3 Å². The van der Waals surface area contributed by atoms with E-state index in [-0.39, 0.29) is 23.1 Å². The van der Waals surface area contributed by atoms with Crippen molar-refractivity contribution in [1.82, 2.24) is 19.3 Å². The third-order valence-electron chi connectivity index (χ3n) is 6.37. The lowest BCUT2D eigenvalue weighted by Gasteiger charge is -2.22. The number of rotatable bonds is 5. The third-order valence-corrected chi connectivity index (χ3v) is 6.37. The van der Waals surface area contributed by atoms with E-state index in [4.69, 9.17) is 4.98 Å². The highest BCUT2D eigenvalue weighted by Gasteiger charge is 2.25. The number of anilines is 2. The summed E-state index contributed by atoms with van der Waals surface area (Å²) in [7, 11) is 3.34. The van der Waals surface area contributed by atoms with Crippen molar-refractivity contribution in [2.24, 2.45) is 14.1 Å². The van der Waals surface area contributed by atoms with E-state index in [0.29, 0.717) is 35.6 Å². The zero-order valence-electron chi connectivity index (χ0n) is 19.8. The molecule has 0 saturated carbocycles. The predicted molar refractivity (Wildman–Crippen MR) is 130 cm³/mol. The molecule has 1 unspecified atom stereocenters. The van der Waals surface area contributed by atoms with E-state index in [1.165, 1.54) is 21.4 Å². The number of aromatic carboxylic acids is 1. The van der Waals surface area contributed by atoms with Crippen LogP contribution in [-0.4, -0.2) is 30.4 Å². The molecule has 9 nitrogen and oxygen atoms in total. The van der Waals surface area contributed by atoms with Gasteiger partial charge in [-0.3, -0.25) is 14.0 Å². The summed E-state index contributed by atoms with van der Waals surface area (Å²) in [4.78, 5) is 31.9. The number of carboxylic acids is 1. The minimum Gasteiger partial charge on any atom is -0.476 e. The Morgan fingerprint density at radius 2 is 1.91 bits per heavy atom. The molecule has 0 aliphatic carbocycles. The topological polar surface area (TPSA) is 105 Å². The Hall–Kier alpha value is -4.21. The zero-order valence-corrected chi connectivity index (χ0v) is 19.8. The number of fused-ring (bicyclic) bond motifs is 2. The Labute approximate surface area is 200 Å². The van der Waals surface area contributed by atoms with Crippen LogP contribution in [0.4, 0.5) is 16.0 Å². The molecule has 1 atom stereocenters. The van der Waals surface area contributed by atoms with E-state index in [9.17, 15) is 19.1 Å². The molecule has 35 heavy (non-hydrogen) atoms. The maximum absolute atomic E-state index is 13.7. The highest BCUT2D eigenvalue weighted by atomic mass is 19.1. The van der Waals surface area contributed by atoms with Gasteiger partial charge in [0.15, 0.2) is 5.69 Å². The monoisotopic (exact) mass is 476 g/mol. The maximum Gasteiger partial charge on any atom is 0.358 e. The summed E-state index contributed by atoms with van der Waals surface area (Å²) in [5.41, 5.74) is 4.18. The molecule has 1 aliphatic heterocycles. The number of carbonyl (C=O) groups is 1. The minimum absolute atomic E-state index is 0.0806. The van der Waals surface area contributed by atoms with Crippen LogP contribution in [0.2, 0.25) is 0 Å². The fraction of sp³-hybridized carbons (Fsp3) is 0.280. The van der Waals surface area contributed by atoms with Gasteiger partial charge in [0.05, 0.1) is 22.6 Å². The average Bonchev–Trinajstić information content (AvgIpc) is 3.38. The number of hydrogen-bond donors (Lipinski definition) is 2. The lowest BCUT2D eigenvalue weighted by atomic mass is 10.0. The molecule has 0 amide bonds. The normalized spacial score (nSPS) is 13.8. The van der Waals surface area contributed by atoms with Crippen LogP contribution in [0.25, 0.3) is 10.9 Å². The van der Waals surface area contributed by atoms with Gasteiger partial charge in [-0.2, -0.15) is 5.10 Å². The summed E-state index contributed by atoms with van der Waals surface area (Å²) in [6.07, 6.45) is 1.61. The van der Waals surface area contributed by atoms with Crippen LogP contribution >= 0.6 is 0 Å². The van der Waals surface area contributed by atoms with Crippen molar-refractivity contribution in [2.45, 2.75) is 33.0 Å². The van der Waals surface area contributed by atoms with E-state index in [2.05, 4.69) is 10.4 Å². The first-order chi connectivity index (χ1) is 16.6. The molecular formula is C25H25FN6O3. The van der Waals surface area contributed by atoms with E-state index in [1.807, 2.05) is 30.9 Å². The van der Waals surface area contributed by atoms with Gasteiger partial charge in [0, 0.05) is 38.9 Å². The summed E-state index contributed by atoms with van der Waals surface area (Å²) < 4.78 is 16.7. The highest BCUT2D eigenvalue weighted by molar-refractivity contribution is 5.92. The van der Waals surface area contributed by atoms with Gasteiger partial charge in [-0.05, 0) is 48.7 Å². The molecule has 0 spiro atoms. The molecule has 0 radical (unpaired) electrons. The first-order valence-corrected chi connectivity index (χ1v) is 11.2. The van der Waals surface area contributed by atoms with Crippen molar-refractivity contribution in [3.8, 4) is 0 Å². The Balaban J connectivity index is 1.60. The second-order valence-electron chi connectivity index (χ2n) is 9.03. The highest BCUT2D eigenvalue weighted by Crippen LogP contribution is 2.31. The van der Waals surface area contributed by atoms with Crippen LogP contribution in [0.5, 0.6) is 0 Å². The zero-order chi connectivity index (χ0) is 25.0. The molecule has 0 fully saturated rings. The first kappa shape index (κ1) is 22.6. The predicted octanol–water partition coefficient (Wildman–Crippen LogP) is 3.51. The molecule has 5 rings (SSSR count). The Bertz CT molecular complexity index is 1560. The number of nitrogens with one attached hydrogen (secondary N) is 1. The molecule has 3 heterocycles. The van der Waals surface area contributed by atoms with E-state index in [0.717, 1.165) is 22.3 Å². The van der Waals surface area contributed by atoms with Crippen LogP contribution in [-0.2, 0) is 27.2 Å². The molecule has 2 N–H and O–H groups in total. The second-order valence-corrected chi connectivity index (χ2v) is 9.03. The van der Waals surface area contributed by atoms with E-state index in [1.54, 1.807) is 26.4 Å². The van der Waals surface area contributed by atoms with E-state index >= 15 is 0 Å². The molecule has 1 aliphatic rings. The Morgan fingerprint density at radius 1 is 1.17 bits per heavy atom. The van der Waals surface area contributed by atoms with Gasteiger partial charge >= 0.3 is 5.97 Å². The molecule has 0 bridgehead atoms. The molecule has 0 saturated heterocycles. The smallest absolute Gasteiger partial charge is 0.358 e. The summed E-state index contributed by atoms with van der Waals surface area (Å²) in [5.74, 6) is -0.933. The fourth-order valence-electron chi connectivity index (χ4n) is 4.72. The molecule has 10 heteroatoms. The van der Waals surface area contributed by atoms with Gasteiger partial charge in [0.1, 0.15) is 5.82 Å². The van der Waals surface area contributed by atoms with Crippen molar-refractivity contribution in [3.63, 3.8) is 0 Å². The van der Waals surface area contributed by atoms with Crippen LogP contribution in [0.1, 0.15) is 45.7 Å².